The van der Waals surface area contributed by atoms with Gasteiger partial charge in [-0.05, 0) is 55.7 Å². The number of benzene rings is 1. The molecular formula is C15H18BrNS. The van der Waals surface area contributed by atoms with Crippen LogP contribution in [0.15, 0.2) is 28.7 Å². The van der Waals surface area contributed by atoms with E-state index >= 15 is 0 Å². The van der Waals surface area contributed by atoms with Gasteiger partial charge in [0.25, 0.3) is 0 Å². The Hall–Kier alpha value is -0.800. The molecule has 0 spiro atoms. The van der Waals surface area contributed by atoms with E-state index in [0.717, 1.165) is 17.4 Å². The first-order valence-electron chi connectivity index (χ1n) is 6.18. The maximum Gasteiger partial charge on any atom is 0.0411 e. The molecule has 0 aliphatic carbocycles. The van der Waals surface area contributed by atoms with Crippen molar-refractivity contribution in [2.24, 2.45) is 0 Å². The summed E-state index contributed by atoms with van der Waals surface area (Å²) in [5, 5.41) is 3.55. The molecule has 0 radical (unpaired) electrons. The van der Waals surface area contributed by atoms with Gasteiger partial charge in [0.15, 0.2) is 0 Å². The Morgan fingerprint density at radius 2 is 1.94 bits per heavy atom. The second-order valence-corrected chi connectivity index (χ2v) is 6.82. The lowest BCUT2D eigenvalue weighted by atomic mass is 10.1. The molecule has 0 aliphatic heterocycles. The molecule has 1 heterocycles. The van der Waals surface area contributed by atoms with Gasteiger partial charge in [-0.3, -0.25) is 0 Å². The van der Waals surface area contributed by atoms with Crippen LogP contribution in [0.5, 0.6) is 0 Å². The first-order chi connectivity index (χ1) is 8.60. The standard InChI is InChI=1S/C15H18BrNS/c1-4-12-8-14(16)5-6-15(12)17-9-13-7-10(2)18-11(13)3/h5-8,17H,4,9H2,1-3H3. The molecule has 0 amide bonds. The van der Waals surface area contributed by atoms with E-state index in [9.17, 15) is 0 Å². The van der Waals surface area contributed by atoms with Crippen LogP contribution in [0.1, 0.15) is 27.8 Å². The molecule has 96 valence electrons. The van der Waals surface area contributed by atoms with Crippen molar-refractivity contribution in [3.63, 3.8) is 0 Å². The summed E-state index contributed by atoms with van der Waals surface area (Å²) >= 11 is 5.39. The average molecular weight is 324 g/mol. The lowest BCUT2D eigenvalue weighted by Gasteiger charge is -2.11. The number of anilines is 1. The Kier molecular flexibility index (Phi) is 4.46. The first-order valence-corrected chi connectivity index (χ1v) is 7.79. The summed E-state index contributed by atoms with van der Waals surface area (Å²) in [7, 11) is 0. The second-order valence-electron chi connectivity index (χ2n) is 4.45. The molecule has 0 unspecified atom stereocenters. The van der Waals surface area contributed by atoms with E-state index in [0.29, 0.717) is 0 Å². The number of hydrogen-bond acceptors (Lipinski definition) is 2. The smallest absolute Gasteiger partial charge is 0.0411 e. The normalized spacial score (nSPS) is 10.7. The predicted molar refractivity (Wildman–Crippen MR) is 84.6 cm³/mol. The van der Waals surface area contributed by atoms with Crippen LogP contribution in [0.4, 0.5) is 5.69 Å². The highest BCUT2D eigenvalue weighted by Gasteiger charge is 2.05. The van der Waals surface area contributed by atoms with E-state index in [1.54, 1.807) is 0 Å². The van der Waals surface area contributed by atoms with Crippen molar-refractivity contribution in [1.29, 1.82) is 0 Å². The molecule has 1 aromatic heterocycles. The molecule has 3 heteroatoms. The fraction of sp³-hybridized carbons (Fsp3) is 0.333. The molecule has 18 heavy (non-hydrogen) atoms. The molecule has 2 rings (SSSR count). The zero-order valence-corrected chi connectivity index (χ0v) is 13.4. The zero-order valence-electron chi connectivity index (χ0n) is 11.0. The Labute approximate surface area is 121 Å². The summed E-state index contributed by atoms with van der Waals surface area (Å²) in [6, 6.07) is 8.70. The minimum atomic E-state index is 0.908. The summed E-state index contributed by atoms with van der Waals surface area (Å²) in [5.41, 5.74) is 4.00. The number of thiophene rings is 1. The van der Waals surface area contributed by atoms with E-state index in [-0.39, 0.29) is 0 Å². The van der Waals surface area contributed by atoms with Gasteiger partial charge in [0.2, 0.25) is 0 Å². The van der Waals surface area contributed by atoms with Crippen LogP contribution in [0.3, 0.4) is 0 Å². The highest BCUT2D eigenvalue weighted by atomic mass is 79.9. The lowest BCUT2D eigenvalue weighted by Crippen LogP contribution is -2.02. The summed E-state index contributed by atoms with van der Waals surface area (Å²) in [6.07, 6.45) is 1.05. The summed E-state index contributed by atoms with van der Waals surface area (Å²) < 4.78 is 1.15. The highest BCUT2D eigenvalue weighted by molar-refractivity contribution is 9.10. The summed E-state index contributed by atoms with van der Waals surface area (Å²) in [4.78, 5) is 2.80. The fourth-order valence-electron chi connectivity index (χ4n) is 2.08. The number of nitrogens with one attached hydrogen (secondary N) is 1. The Bertz CT molecular complexity index is 545. The number of halogens is 1. The minimum Gasteiger partial charge on any atom is -0.381 e. The van der Waals surface area contributed by atoms with E-state index < -0.39 is 0 Å². The molecule has 0 saturated heterocycles. The quantitative estimate of drug-likeness (QED) is 0.804. The molecule has 0 atom stereocenters. The number of hydrogen-bond donors (Lipinski definition) is 1. The van der Waals surface area contributed by atoms with Gasteiger partial charge in [0, 0.05) is 26.5 Å². The average Bonchev–Trinajstić information content (AvgIpc) is 2.66. The maximum atomic E-state index is 3.55. The van der Waals surface area contributed by atoms with Gasteiger partial charge >= 0.3 is 0 Å². The van der Waals surface area contributed by atoms with Crippen molar-refractivity contribution in [2.45, 2.75) is 33.7 Å². The molecule has 1 aromatic carbocycles. The van der Waals surface area contributed by atoms with Crippen molar-refractivity contribution in [3.05, 3.63) is 49.6 Å². The third-order valence-electron chi connectivity index (χ3n) is 3.06. The van der Waals surface area contributed by atoms with Gasteiger partial charge in [-0.1, -0.05) is 22.9 Å². The third kappa shape index (κ3) is 3.15. The summed E-state index contributed by atoms with van der Waals surface area (Å²) in [6.45, 7) is 7.45. The van der Waals surface area contributed by atoms with Crippen molar-refractivity contribution in [3.8, 4) is 0 Å². The molecule has 0 aliphatic rings. The molecule has 2 aromatic rings. The van der Waals surface area contributed by atoms with Crippen LogP contribution in [0, 0.1) is 13.8 Å². The Morgan fingerprint density at radius 3 is 2.56 bits per heavy atom. The van der Waals surface area contributed by atoms with Crippen molar-refractivity contribution < 1.29 is 0 Å². The van der Waals surface area contributed by atoms with E-state index in [2.05, 4.69) is 66.3 Å². The molecule has 1 nitrogen and oxygen atoms in total. The maximum absolute atomic E-state index is 3.55. The molecule has 1 N–H and O–H groups in total. The predicted octanol–water partition coefficient (Wildman–Crippen LogP) is 5.30. The van der Waals surface area contributed by atoms with Crippen LogP contribution in [-0.2, 0) is 13.0 Å². The van der Waals surface area contributed by atoms with Crippen LogP contribution >= 0.6 is 27.3 Å². The Morgan fingerprint density at radius 1 is 1.17 bits per heavy atom. The van der Waals surface area contributed by atoms with Gasteiger partial charge in [0.05, 0.1) is 0 Å². The molecule has 0 bridgehead atoms. The molecule has 0 saturated carbocycles. The monoisotopic (exact) mass is 323 g/mol. The molecular weight excluding hydrogens is 306 g/mol. The van der Waals surface area contributed by atoms with Gasteiger partial charge in [-0.25, -0.2) is 0 Å². The first kappa shape index (κ1) is 13.6. The largest absolute Gasteiger partial charge is 0.381 e. The SMILES string of the molecule is CCc1cc(Br)ccc1NCc1cc(C)sc1C. The molecule has 0 fully saturated rings. The van der Waals surface area contributed by atoms with Crippen LogP contribution < -0.4 is 5.32 Å². The van der Waals surface area contributed by atoms with Crippen LogP contribution in [-0.4, -0.2) is 0 Å². The number of rotatable bonds is 4. The Balaban J connectivity index is 2.13. The third-order valence-corrected chi connectivity index (χ3v) is 4.56. The van der Waals surface area contributed by atoms with Crippen LogP contribution in [0.2, 0.25) is 0 Å². The second kappa shape index (κ2) is 5.89. The van der Waals surface area contributed by atoms with Crippen molar-refractivity contribution in [2.75, 3.05) is 5.32 Å². The van der Waals surface area contributed by atoms with Crippen LogP contribution in [0.25, 0.3) is 0 Å². The topological polar surface area (TPSA) is 12.0 Å². The van der Waals surface area contributed by atoms with Crippen molar-refractivity contribution >= 4 is 33.0 Å². The van der Waals surface area contributed by atoms with Crippen molar-refractivity contribution in [1.82, 2.24) is 0 Å². The van der Waals surface area contributed by atoms with Gasteiger partial charge in [-0.15, -0.1) is 11.3 Å². The number of aryl methyl sites for hydroxylation is 3. The highest BCUT2D eigenvalue weighted by Crippen LogP contribution is 2.25. The van der Waals surface area contributed by atoms with Gasteiger partial charge < -0.3 is 5.32 Å². The van der Waals surface area contributed by atoms with Gasteiger partial charge in [0.1, 0.15) is 0 Å². The van der Waals surface area contributed by atoms with Gasteiger partial charge in [-0.2, -0.15) is 0 Å². The van der Waals surface area contributed by atoms with E-state index in [1.807, 2.05) is 11.3 Å². The lowest BCUT2D eigenvalue weighted by molar-refractivity contribution is 1.09. The summed E-state index contributed by atoms with van der Waals surface area (Å²) in [5.74, 6) is 0. The van der Waals surface area contributed by atoms with E-state index in [1.165, 1.54) is 26.6 Å². The fourth-order valence-corrected chi connectivity index (χ4v) is 3.43. The van der Waals surface area contributed by atoms with E-state index in [4.69, 9.17) is 0 Å². The zero-order chi connectivity index (χ0) is 13.1. The minimum absolute atomic E-state index is 0.908.